The lowest BCUT2D eigenvalue weighted by atomic mass is 10.1. The molecule has 0 radical (unpaired) electrons. The predicted molar refractivity (Wildman–Crippen MR) is 57.1 cm³/mol. The van der Waals surface area contributed by atoms with E-state index in [2.05, 4.69) is 4.99 Å². The van der Waals surface area contributed by atoms with Crippen LogP contribution in [0.1, 0.15) is 28.8 Å². The zero-order valence-corrected chi connectivity index (χ0v) is 8.64. The van der Waals surface area contributed by atoms with Gasteiger partial charge in [0.05, 0.1) is 5.69 Å². The van der Waals surface area contributed by atoms with Gasteiger partial charge in [-0.25, -0.2) is 4.79 Å². The van der Waals surface area contributed by atoms with E-state index < -0.39 is 0 Å². The molecule has 1 heterocycles. The van der Waals surface area contributed by atoms with Crippen LogP contribution in [0.2, 0.25) is 0 Å². The van der Waals surface area contributed by atoms with Gasteiger partial charge in [-0.15, -0.1) is 0 Å². The van der Waals surface area contributed by atoms with E-state index in [9.17, 15) is 9.59 Å². The van der Waals surface area contributed by atoms with Crippen molar-refractivity contribution in [1.29, 1.82) is 0 Å². The quantitative estimate of drug-likeness (QED) is 0.556. The highest BCUT2D eigenvalue weighted by Gasteiger charge is 2.38. The monoisotopic (exact) mass is 214 g/mol. The largest absolute Gasteiger partial charge is 0.331 e. The second kappa shape index (κ2) is 3.29. The van der Waals surface area contributed by atoms with Crippen LogP contribution >= 0.6 is 0 Å². The molecule has 1 amide bonds. The molecule has 80 valence electrons. The first-order valence-corrected chi connectivity index (χ1v) is 5.32. The molecule has 4 nitrogen and oxygen atoms in total. The number of fused-ring (bicyclic) bond motifs is 1. The molecule has 1 saturated carbocycles. The van der Waals surface area contributed by atoms with Gasteiger partial charge in [0.1, 0.15) is 0 Å². The van der Waals surface area contributed by atoms with Crippen LogP contribution in [0, 0.1) is 0 Å². The first kappa shape index (κ1) is 9.31. The van der Waals surface area contributed by atoms with Crippen molar-refractivity contribution in [2.24, 2.45) is 4.99 Å². The number of carbonyl (C=O) groups is 1. The first-order valence-electron chi connectivity index (χ1n) is 5.32. The molecule has 0 aromatic heterocycles. The Kier molecular flexibility index (Phi) is 1.91. The Labute approximate surface area is 92.6 Å². The van der Waals surface area contributed by atoms with E-state index in [0.29, 0.717) is 23.8 Å². The minimum absolute atomic E-state index is 0.0699. The van der Waals surface area contributed by atoms with E-state index in [1.165, 1.54) is 6.08 Å². The number of aliphatic imine (C=N–C) groups is 1. The highest BCUT2D eigenvalue weighted by molar-refractivity contribution is 6.00. The van der Waals surface area contributed by atoms with Crippen molar-refractivity contribution < 1.29 is 9.59 Å². The van der Waals surface area contributed by atoms with Crippen molar-refractivity contribution in [3.05, 3.63) is 29.3 Å². The smallest absolute Gasteiger partial charge is 0.254 e. The lowest BCUT2D eigenvalue weighted by Gasteiger charge is -2.13. The van der Waals surface area contributed by atoms with Crippen LogP contribution in [-0.4, -0.2) is 22.9 Å². The summed E-state index contributed by atoms with van der Waals surface area (Å²) in [6, 6.07) is 5.69. The number of hydrogen-bond acceptors (Lipinski definition) is 3. The van der Waals surface area contributed by atoms with Gasteiger partial charge < -0.3 is 4.90 Å². The van der Waals surface area contributed by atoms with E-state index in [0.717, 1.165) is 18.4 Å². The van der Waals surface area contributed by atoms with Crippen molar-refractivity contribution in [3.8, 4) is 0 Å². The first-order chi connectivity index (χ1) is 7.81. The third-order valence-corrected chi connectivity index (χ3v) is 3.12. The Bertz CT molecular complexity index is 514. The Balaban J connectivity index is 2.06. The molecule has 16 heavy (non-hydrogen) atoms. The van der Waals surface area contributed by atoms with Crippen LogP contribution in [0.15, 0.2) is 23.2 Å². The predicted octanol–water partition coefficient (Wildman–Crippen LogP) is 1.77. The number of carbonyl (C=O) groups excluding carboxylic acids is 2. The van der Waals surface area contributed by atoms with Crippen molar-refractivity contribution >= 4 is 17.7 Å². The topological polar surface area (TPSA) is 49.7 Å². The summed E-state index contributed by atoms with van der Waals surface area (Å²) in [6.45, 7) is 0.584. The SMILES string of the molecule is O=C=Nc1cccc2c1CN(C1CC1)C2=O. The third-order valence-electron chi connectivity index (χ3n) is 3.12. The summed E-state index contributed by atoms with van der Waals surface area (Å²) in [5.74, 6) is 0.0699. The minimum Gasteiger partial charge on any atom is -0.331 e. The van der Waals surface area contributed by atoms with Gasteiger partial charge in [0, 0.05) is 23.7 Å². The summed E-state index contributed by atoms with van der Waals surface area (Å²) in [5, 5.41) is 0. The molecule has 0 saturated heterocycles. The fraction of sp³-hybridized carbons (Fsp3) is 0.333. The number of rotatable bonds is 2. The van der Waals surface area contributed by atoms with Gasteiger partial charge in [0.15, 0.2) is 0 Å². The standard InChI is InChI=1S/C12H10N2O2/c15-7-13-11-3-1-2-9-10(11)6-14(12(9)16)8-4-5-8/h1-3,8H,4-6H2. The fourth-order valence-electron chi connectivity index (χ4n) is 2.17. The van der Waals surface area contributed by atoms with Gasteiger partial charge in [0.2, 0.25) is 6.08 Å². The number of benzene rings is 1. The van der Waals surface area contributed by atoms with Crippen LogP contribution in [0.25, 0.3) is 0 Å². The Morgan fingerprint density at radius 1 is 1.38 bits per heavy atom. The minimum atomic E-state index is 0.0699. The lowest BCUT2D eigenvalue weighted by molar-refractivity contribution is 0.0767. The summed E-state index contributed by atoms with van der Waals surface area (Å²) >= 11 is 0. The maximum atomic E-state index is 12.0. The normalized spacial score (nSPS) is 18.2. The summed E-state index contributed by atoms with van der Waals surface area (Å²) < 4.78 is 0. The van der Waals surface area contributed by atoms with Crippen molar-refractivity contribution in [3.63, 3.8) is 0 Å². The summed E-state index contributed by atoms with van der Waals surface area (Å²) in [5.41, 5.74) is 2.12. The molecule has 0 N–H and O–H groups in total. The van der Waals surface area contributed by atoms with Gasteiger partial charge in [-0.1, -0.05) is 6.07 Å². The second-order valence-corrected chi connectivity index (χ2v) is 4.17. The van der Waals surface area contributed by atoms with Gasteiger partial charge in [-0.05, 0) is 25.0 Å². The van der Waals surface area contributed by atoms with Gasteiger partial charge in [-0.2, -0.15) is 4.99 Å². The zero-order valence-electron chi connectivity index (χ0n) is 8.64. The molecule has 1 aliphatic carbocycles. The van der Waals surface area contributed by atoms with Gasteiger partial charge in [-0.3, -0.25) is 4.79 Å². The molecule has 1 fully saturated rings. The van der Waals surface area contributed by atoms with E-state index in [-0.39, 0.29) is 5.91 Å². The molecule has 3 rings (SSSR count). The molecular formula is C12H10N2O2. The number of hydrogen-bond donors (Lipinski definition) is 0. The average Bonchev–Trinajstić information content (AvgIpc) is 3.06. The number of isocyanates is 1. The number of nitrogens with zero attached hydrogens (tertiary/aromatic N) is 2. The average molecular weight is 214 g/mol. The molecule has 0 spiro atoms. The van der Waals surface area contributed by atoms with E-state index >= 15 is 0 Å². The lowest BCUT2D eigenvalue weighted by Crippen LogP contribution is -2.25. The molecule has 1 aromatic rings. The molecule has 1 aromatic carbocycles. The molecule has 0 atom stereocenters. The van der Waals surface area contributed by atoms with Crippen LogP contribution in [0.3, 0.4) is 0 Å². The van der Waals surface area contributed by atoms with E-state index in [1.807, 2.05) is 4.90 Å². The summed E-state index contributed by atoms with van der Waals surface area (Å²) in [6.07, 6.45) is 3.71. The summed E-state index contributed by atoms with van der Waals surface area (Å²) in [7, 11) is 0. The van der Waals surface area contributed by atoms with Crippen LogP contribution in [-0.2, 0) is 11.3 Å². The van der Waals surface area contributed by atoms with Crippen LogP contribution in [0.5, 0.6) is 0 Å². The molecule has 4 heteroatoms. The Hall–Kier alpha value is -1.93. The van der Waals surface area contributed by atoms with Gasteiger partial charge in [0.25, 0.3) is 5.91 Å². The third kappa shape index (κ3) is 1.27. The Morgan fingerprint density at radius 3 is 2.88 bits per heavy atom. The molecule has 1 aliphatic heterocycles. The molecule has 0 bridgehead atoms. The zero-order chi connectivity index (χ0) is 11.1. The van der Waals surface area contributed by atoms with Gasteiger partial charge >= 0.3 is 0 Å². The Morgan fingerprint density at radius 2 is 2.19 bits per heavy atom. The summed E-state index contributed by atoms with van der Waals surface area (Å²) in [4.78, 5) is 27.8. The molecule has 2 aliphatic rings. The fourth-order valence-corrected chi connectivity index (χ4v) is 2.17. The van der Waals surface area contributed by atoms with Crippen molar-refractivity contribution in [2.45, 2.75) is 25.4 Å². The highest BCUT2D eigenvalue weighted by atomic mass is 16.2. The second-order valence-electron chi connectivity index (χ2n) is 4.17. The number of amides is 1. The van der Waals surface area contributed by atoms with Crippen molar-refractivity contribution in [2.75, 3.05) is 0 Å². The molecular weight excluding hydrogens is 204 g/mol. The van der Waals surface area contributed by atoms with E-state index in [4.69, 9.17) is 0 Å². The van der Waals surface area contributed by atoms with Crippen molar-refractivity contribution in [1.82, 2.24) is 4.90 Å². The maximum absolute atomic E-state index is 12.0. The highest BCUT2D eigenvalue weighted by Crippen LogP contribution is 2.37. The van der Waals surface area contributed by atoms with Crippen LogP contribution < -0.4 is 0 Å². The maximum Gasteiger partial charge on any atom is 0.254 e. The van der Waals surface area contributed by atoms with E-state index in [1.54, 1.807) is 18.2 Å². The van der Waals surface area contributed by atoms with Crippen LogP contribution in [0.4, 0.5) is 5.69 Å². The molecule has 0 unspecified atom stereocenters.